The number of carboxylic acids is 1. The molecule has 0 aliphatic rings. The van der Waals surface area contributed by atoms with Crippen LogP contribution in [0.5, 0.6) is 0 Å². The largest absolute Gasteiger partial charge is 0.476 e. The number of aromatic nitrogens is 1. The third kappa shape index (κ3) is 3.59. The van der Waals surface area contributed by atoms with Gasteiger partial charge in [-0.05, 0) is 13.1 Å². The van der Waals surface area contributed by atoms with Crippen LogP contribution < -0.4 is 0 Å². The van der Waals surface area contributed by atoms with Crippen molar-refractivity contribution in [2.24, 2.45) is 0 Å². The SMILES string of the molecule is CN(Cc1csc(C(=O)O)n1)Cc1ccccc1F. The molecular formula is C13H13FN2O2S. The van der Waals surface area contributed by atoms with E-state index < -0.39 is 5.97 Å². The fourth-order valence-electron chi connectivity index (χ4n) is 1.73. The Labute approximate surface area is 114 Å². The highest BCUT2D eigenvalue weighted by molar-refractivity contribution is 7.11. The van der Waals surface area contributed by atoms with Gasteiger partial charge in [0.15, 0.2) is 0 Å². The van der Waals surface area contributed by atoms with Gasteiger partial charge in [-0.2, -0.15) is 0 Å². The molecule has 2 aromatic rings. The van der Waals surface area contributed by atoms with Gasteiger partial charge in [0.25, 0.3) is 0 Å². The van der Waals surface area contributed by atoms with Crippen molar-refractivity contribution in [3.05, 3.63) is 51.7 Å². The highest BCUT2D eigenvalue weighted by atomic mass is 32.1. The van der Waals surface area contributed by atoms with Crippen molar-refractivity contribution in [3.63, 3.8) is 0 Å². The lowest BCUT2D eigenvalue weighted by Crippen LogP contribution is -2.18. The van der Waals surface area contributed by atoms with Gasteiger partial charge < -0.3 is 5.11 Å². The zero-order chi connectivity index (χ0) is 13.8. The van der Waals surface area contributed by atoms with Crippen LogP contribution in [0, 0.1) is 5.82 Å². The van der Waals surface area contributed by atoms with Crippen LogP contribution in [-0.2, 0) is 13.1 Å². The van der Waals surface area contributed by atoms with Crippen LogP contribution >= 0.6 is 11.3 Å². The van der Waals surface area contributed by atoms with Gasteiger partial charge in [0.05, 0.1) is 5.69 Å². The summed E-state index contributed by atoms with van der Waals surface area (Å²) >= 11 is 1.10. The van der Waals surface area contributed by atoms with Gasteiger partial charge in [0.1, 0.15) is 5.82 Å². The van der Waals surface area contributed by atoms with Crippen molar-refractivity contribution < 1.29 is 14.3 Å². The molecule has 1 aromatic heterocycles. The maximum atomic E-state index is 13.5. The minimum absolute atomic E-state index is 0.0780. The summed E-state index contributed by atoms with van der Waals surface area (Å²) in [4.78, 5) is 16.6. The number of hydrogen-bond acceptors (Lipinski definition) is 4. The Hall–Kier alpha value is -1.79. The summed E-state index contributed by atoms with van der Waals surface area (Å²) in [6.45, 7) is 0.935. The molecule has 0 radical (unpaired) electrons. The first kappa shape index (κ1) is 13.6. The second-order valence-corrected chi connectivity index (χ2v) is 5.07. The van der Waals surface area contributed by atoms with E-state index in [0.29, 0.717) is 24.3 Å². The van der Waals surface area contributed by atoms with Gasteiger partial charge in [-0.3, -0.25) is 4.90 Å². The molecule has 1 aromatic carbocycles. The first-order valence-corrected chi connectivity index (χ1v) is 6.54. The molecule has 0 saturated heterocycles. The second kappa shape index (κ2) is 5.90. The van der Waals surface area contributed by atoms with Crippen molar-refractivity contribution in [1.29, 1.82) is 0 Å². The van der Waals surface area contributed by atoms with E-state index >= 15 is 0 Å². The number of thiazole rings is 1. The quantitative estimate of drug-likeness (QED) is 0.914. The van der Waals surface area contributed by atoms with E-state index in [2.05, 4.69) is 4.98 Å². The number of hydrogen-bond donors (Lipinski definition) is 1. The van der Waals surface area contributed by atoms with Gasteiger partial charge in [-0.25, -0.2) is 14.2 Å². The highest BCUT2D eigenvalue weighted by Gasteiger charge is 2.11. The van der Waals surface area contributed by atoms with Crippen LogP contribution in [-0.4, -0.2) is 28.0 Å². The van der Waals surface area contributed by atoms with Gasteiger partial charge in [-0.1, -0.05) is 18.2 Å². The zero-order valence-electron chi connectivity index (χ0n) is 10.3. The molecule has 0 aliphatic heterocycles. The average molecular weight is 280 g/mol. The Morgan fingerprint density at radius 1 is 1.42 bits per heavy atom. The van der Waals surface area contributed by atoms with Crippen LogP contribution in [0.3, 0.4) is 0 Å². The minimum Gasteiger partial charge on any atom is -0.476 e. The Kier molecular flexibility index (Phi) is 4.24. The van der Waals surface area contributed by atoms with Crippen LogP contribution in [0.15, 0.2) is 29.6 Å². The summed E-state index contributed by atoms with van der Waals surface area (Å²) in [5.41, 5.74) is 1.29. The van der Waals surface area contributed by atoms with Gasteiger partial charge in [-0.15, -0.1) is 11.3 Å². The molecule has 0 spiro atoms. The number of nitrogens with zero attached hydrogens (tertiary/aromatic N) is 2. The van der Waals surface area contributed by atoms with Gasteiger partial charge in [0.2, 0.25) is 5.01 Å². The second-order valence-electron chi connectivity index (χ2n) is 4.21. The summed E-state index contributed by atoms with van der Waals surface area (Å²) in [7, 11) is 1.84. The van der Waals surface area contributed by atoms with E-state index in [1.807, 2.05) is 11.9 Å². The molecule has 0 bridgehead atoms. The van der Waals surface area contributed by atoms with Crippen LogP contribution in [0.25, 0.3) is 0 Å². The smallest absolute Gasteiger partial charge is 0.365 e. The lowest BCUT2D eigenvalue weighted by atomic mass is 10.2. The van der Waals surface area contributed by atoms with E-state index in [4.69, 9.17) is 5.11 Å². The average Bonchev–Trinajstić information content (AvgIpc) is 2.80. The summed E-state index contributed by atoms with van der Waals surface area (Å²) in [5.74, 6) is -1.26. The molecule has 19 heavy (non-hydrogen) atoms. The number of benzene rings is 1. The molecule has 100 valence electrons. The number of carboxylic acid groups (broad SMARTS) is 1. The Bertz CT molecular complexity index is 586. The highest BCUT2D eigenvalue weighted by Crippen LogP contribution is 2.14. The standard InChI is InChI=1S/C13H13FN2O2S/c1-16(6-9-4-2-3-5-11(9)14)7-10-8-19-12(15-10)13(17)18/h2-5,8H,6-7H2,1H3,(H,17,18). The molecule has 0 atom stereocenters. The van der Waals surface area contributed by atoms with E-state index in [9.17, 15) is 9.18 Å². The third-order valence-corrected chi connectivity index (χ3v) is 3.44. The number of rotatable bonds is 5. The summed E-state index contributed by atoms with van der Waals surface area (Å²) in [6, 6.07) is 6.60. The molecule has 0 aliphatic carbocycles. The molecule has 4 nitrogen and oxygen atoms in total. The van der Waals surface area contributed by atoms with Crippen LogP contribution in [0.1, 0.15) is 21.1 Å². The monoisotopic (exact) mass is 280 g/mol. The normalized spacial score (nSPS) is 10.9. The molecule has 1 N–H and O–H groups in total. The molecule has 6 heteroatoms. The molecule has 2 rings (SSSR count). The summed E-state index contributed by atoms with van der Waals surface area (Å²) in [6.07, 6.45) is 0. The van der Waals surface area contributed by atoms with Crippen molar-refractivity contribution in [1.82, 2.24) is 9.88 Å². The Balaban J connectivity index is 1.99. The predicted octanol–water partition coefficient (Wildman–Crippen LogP) is 2.61. The first-order chi connectivity index (χ1) is 9.06. The van der Waals surface area contributed by atoms with Gasteiger partial charge >= 0.3 is 5.97 Å². The van der Waals surface area contributed by atoms with E-state index in [0.717, 1.165) is 11.3 Å². The Morgan fingerprint density at radius 3 is 2.79 bits per heavy atom. The van der Waals surface area contributed by atoms with E-state index in [1.165, 1.54) is 6.07 Å². The zero-order valence-corrected chi connectivity index (χ0v) is 11.2. The predicted molar refractivity (Wildman–Crippen MR) is 70.6 cm³/mol. The number of carbonyl (C=O) groups is 1. The number of halogens is 1. The fraction of sp³-hybridized carbons (Fsp3) is 0.231. The molecule has 0 fully saturated rings. The maximum absolute atomic E-state index is 13.5. The molecular weight excluding hydrogens is 267 g/mol. The van der Waals surface area contributed by atoms with E-state index in [-0.39, 0.29) is 10.8 Å². The van der Waals surface area contributed by atoms with Crippen LogP contribution in [0.4, 0.5) is 4.39 Å². The first-order valence-electron chi connectivity index (χ1n) is 5.66. The fourth-order valence-corrected chi connectivity index (χ4v) is 2.37. The minimum atomic E-state index is -1.02. The topological polar surface area (TPSA) is 53.4 Å². The van der Waals surface area contributed by atoms with E-state index in [1.54, 1.807) is 23.6 Å². The van der Waals surface area contributed by atoms with Crippen LogP contribution in [0.2, 0.25) is 0 Å². The lowest BCUT2D eigenvalue weighted by Gasteiger charge is -2.15. The molecule has 0 saturated carbocycles. The number of aromatic carboxylic acids is 1. The molecule has 0 amide bonds. The summed E-state index contributed by atoms with van der Waals surface area (Å²) in [5, 5.41) is 10.6. The van der Waals surface area contributed by atoms with Crippen molar-refractivity contribution in [2.75, 3.05) is 7.05 Å². The molecule has 1 heterocycles. The molecule has 0 unspecified atom stereocenters. The third-order valence-electron chi connectivity index (χ3n) is 2.56. The van der Waals surface area contributed by atoms with Crippen molar-refractivity contribution in [2.45, 2.75) is 13.1 Å². The van der Waals surface area contributed by atoms with Gasteiger partial charge in [0, 0.05) is 24.0 Å². The van der Waals surface area contributed by atoms with Crippen molar-refractivity contribution >= 4 is 17.3 Å². The maximum Gasteiger partial charge on any atom is 0.365 e. The summed E-state index contributed by atoms with van der Waals surface area (Å²) < 4.78 is 13.5. The Morgan fingerprint density at radius 2 is 2.16 bits per heavy atom. The van der Waals surface area contributed by atoms with Crippen molar-refractivity contribution in [3.8, 4) is 0 Å². The lowest BCUT2D eigenvalue weighted by molar-refractivity contribution is 0.0696.